The Balaban J connectivity index is 1.30. The third kappa shape index (κ3) is 4.75. The maximum absolute atomic E-state index is 12.5. The van der Waals surface area contributed by atoms with Gasteiger partial charge < -0.3 is 26.0 Å². The van der Waals surface area contributed by atoms with E-state index >= 15 is 0 Å². The maximum atomic E-state index is 12.5. The number of carbonyl (C=O) groups is 1. The van der Waals surface area contributed by atoms with E-state index in [2.05, 4.69) is 31.2 Å². The molecule has 0 bridgehead atoms. The Bertz CT molecular complexity index is 1370. The highest BCUT2D eigenvalue weighted by Gasteiger charge is 2.39. The normalized spacial score (nSPS) is 15.8. The van der Waals surface area contributed by atoms with E-state index in [0.717, 1.165) is 32.1 Å². The first kappa shape index (κ1) is 23.8. The molecule has 0 saturated heterocycles. The molecular weight excluding hydrogens is 460 g/mol. The number of aromatic nitrogens is 2. The third-order valence-electron chi connectivity index (χ3n) is 7.01. The Hall–Kier alpha value is -3.95. The minimum atomic E-state index is -0.574. The van der Waals surface area contributed by atoms with Crippen LogP contribution in [0.25, 0.3) is 0 Å². The van der Waals surface area contributed by atoms with Gasteiger partial charge in [-0.3, -0.25) is 14.4 Å². The van der Waals surface area contributed by atoms with Crippen LogP contribution < -0.4 is 36.9 Å². The van der Waals surface area contributed by atoms with Gasteiger partial charge in [0.15, 0.2) is 0 Å². The van der Waals surface area contributed by atoms with Gasteiger partial charge in [-0.15, -0.1) is 0 Å². The zero-order valence-corrected chi connectivity index (χ0v) is 20.6. The fourth-order valence-electron chi connectivity index (χ4n) is 4.35. The van der Waals surface area contributed by atoms with Gasteiger partial charge in [-0.1, -0.05) is 0 Å². The minimum absolute atomic E-state index is 0.130. The molecule has 0 radical (unpaired) electrons. The standard InChI is InChI=1S/C26H30N6O4/c1-26(2,15-8-9-15)32-21-20(22(33)23(21)34)30-19-11-12-27-25(31-19)29-17-10-7-14(13-18(17)36-3)24(35)28-16-5-4-6-16/h7,10-13,15-16,32H,4-6,8-9H2,1-3H3,(H,28,35)(H2,27,29,30,31). The van der Waals surface area contributed by atoms with Crippen LogP contribution in [0.4, 0.5) is 28.8 Å². The molecule has 10 heteroatoms. The van der Waals surface area contributed by atoms with E-state index in [1.165, 1.54) is 13.3 Å². The molecular formula is C26H30N6O4. The molecule has 188 valence electrons. The molecule has 1 amide bonds. The van der Waals surface area contributed by atoms with Gasteiger partial charge >= 0.3 is 0 Å². The Morgan fingerprint density at radius 2 is 1.78 bits per heavy atom. The van der Waals surface area contributed by atoms with Gasteiger partial charge in [-0.25, -0.2) is 4.98 Å². The lowest BCUT2D eigenvalue weighted by atomic mass is 9.93. The number of hydrogen-bond acceptors (Lipinski definition) is 9. The average Bonchev–Trinajstić information content (AvgIpc) is 3.70. The summed E-state index contributed by atoms with van der Waals surface area (Å²) in [6.45, 7) is 4.07. The van der Waals surface area contributed by atoms with Crippen LogP contribution in [0.5, 0.6) is 5.75 Å². The summed E-state index contributed by atoms with van der Waals surface area (Å²) in [6.07, 6.45) is 6.91. The molecule has 2 aromatic carbocycles. The maximum Gasteiger partial charge on any atom is 0.253 e. The van der Waals surface area contributed by atoms with E-state index in [0.29, 0.717) is 34.4 Å². The Labute approximate surface area is 208 Å². The summed E-state index contributed by atoms with van der Waals surface area (Å²) in [6, 6.07) is 6.97. The molecule has 2 saturated carbocycles. The second kappa shape index (κ2) is 9.25. The van der Waals surface area contributed by atoms with Gasteiger partial charge in [0.05, 0.1) is 12.8 Å². The smallest absolute Gasteiger partial charge is 0.253 e. The van der Waals surface area contributed by atoms with Crippen molar-refractivity contribution in [2.45, 2.75) is 57.5 Å². The lowest BCUT2D eigenvalue weighted by molar-refractivity contribution is 0.0916. The molecule has 0 aliphatic heterocycles. The predicted octanol–water partition coefficient (Wildman–Crippen LogP) is 3.45. The lowest BCUT2D eigenvalue weighted by Gasteiger charge is -2.29. The first-order chi connectivity index (χ1) is 17.2. The van der Waals surface area contributed by atoms with Crippen LogP contribution in [0.15, 0.2) is 40.1 Å². The summed E-state index contributed by atoms with van der Waals surface area (Å²) < 4.78 is 5.47. The number of rotatable bonds is 10. The van der Waals surface area contributed by atoms with Crippen LogP contribution in [-0.2, 0) is 0 Å². The van der Waals surface area contributed by atoms with Gasteiger partial charge in [0.25, 0.3) is 16.8 Å². The van der Waals surface area contributed by atoms with Crippen molar-refractivity contribution in [3.05, 3.63) is 56.5 Å². The van der Waals surface area contributed by atoms with Crippen LogP contribution in [0, 0.1) is 5.92 Å². The average molecular weight is 491 g/mol. The van der Waals surface area contributed by atoms with E-state index in [4.69, 9.17) is 4.74 Å². The van der Waals surface area contributed by atoms with E-state index in [-0.39, 0.29) is 29.1 Å². The molecule has 2 aliphatic rings. The summed E-state index contributed by atoms with van der Waals surface area (Å²) in [5, 5.41) is 12.3. The van der Waals surface area contributed by atoms with Crippen molar-refractivity contribution >= 4 is 34.7 Å². The van der Waals surface area contributed by atoms with Crippen molar-refractivity contribution in [3.8, 4) is 5.75 Å². The molecule has 4 N–H and O–H groups in total. The first-order valence-electron chi connectivity index (χ1n) is 12.2. The van der Waals surface area contributed by atoms with Crippen LogP contribution in [-0.4, -0.2) is 34.6 Å². The van der Waals surface area contributed by atoms with Crippen molar-refractivity contribution in [1.29, 1.82) is 0 Å². The quantitative estimate of drug-likeness (QED) is 0.315. The number of nitrogens with zero attached hydrogens (tertiary/aromatic N) is 2. The predicted molar refractivity (Wildman–Crippen MR) is 138 cm³/mol. The summed E-state index contributed by atoms with van der Waals surface area (Å²) in [5.41, 5.74) is 0.223. The van der Waals surface area contributed by atoms with Crippen molar-refractivity contribution < 1.29 is 9.53 Å². The van der Waals surface area contributed by atoms with Crippen molar-refractivity contribution in [1.82, 2.24) is 15.3 Å². The number of hydrogen-bond donors (Lipinski definition) is 4. The van der Waals surface area contributed by atoms with E-state index < -0.39 is 10.9 Å². The third-order valence-corrected chi connectivity index (χ3v) is 7.01. The number of nitrogens with one attached hydrogen (secondary N) is 4. The highest BCUT2D eigenvalue weighted by atomic mass is 16.5. The van der Waals surface area contributed by atoms with Gasteiger partial charge in [0.1, 0.15) is 22.9 Å². The molecule has 1 heterocycles. The highest BCUT2D eigenvalue weighted by molar-refractivity contribution is 5.95. The van der Waals surface area contributed by atoms with Crippen LogP contribution in [0.2, 0.25) is 0 Å². The Morgan fingerprint density at radius 3 is 2.44 bits per heavy atom. The van der Waals surface area contributed by atoms with Crippen molar-refractivity contribution in [2.24, 2.45) is 5.92 Å². The van der Waals surface area contributed by atoms with Crippen LogP contribution in [0.1, 0.15) is 56.3 Å². The molecule has 10 nitrogen and oxygen atoms in total. The fraction of sp³-hybridized carbons (Fsp3) is 0.423. The molecule has 36 heavy (non-hydrogen) atoms. The van der Waals surface area contributed by atoms with E-state index in [1.54, 1.807) is 24.3 Å². The number of benzene rings is 1. The number of methoxy groups -OCH3 is 1. The number of anilines is 5. The zero-order chi connectivity index (χ0) is 25.4. The second-order valence-corrected chi connectivity index (χ2v) is 10.1. The molecule has 0 atom stereocenters. The minimum Gasteiger partial charge on any atom is -0.495 e. The highest BCUT2D eigenvalue weighted by Crippen LogP contribution is 2.41. The Kier molecular flexibility index (Phi) is 6.11. The van der Waals surface area contributed by atoms with E-state index in [9.17, 15) is 14.4 Å². The number of ether oxygens (including phenoxy) is 1. The zero-order valence-electron chi connectivity index (χ0n) is 20.6. The summed E-state index contributed by atoms with van der Waals surface area (Å²) in [7, 11) is 1.52. The molecule has 2 fully saturated rings. The van der Waals surface area contributed by atoms with Gasteiger partial charge in [0.2, 0.25) is 5.95 Å². The Morgan fingerprint density at radius 1 is 1.03 bits per heavy atom. The SMILES string of the molecule is COc1cc(C(=O)NC2CCC2)ccc1Nc1nccc(Nc2c(NC(C)(C)C3CC3)c(=O)c2=O)n1. The summed E-state index contributed by atoms with van der Waals surface area (Å²) in [4.78, 5) is 45.6. The topological polar surface area (TPSA) is 134 Å². The van der Waals surface area contributed by atoms with Crippen LogP contribution >= 0.6 is 0 Å². The van der Waals surface area contributed by atoms with Gasteiger partial charge in [0, 0.05) is 23.3 Å². The van der Waals surface area contributed by atoms with E-state index in [1.807, 2.05) is 13.8 Å². The molecule has 0 unspecified atom stereocenters. The summed E-state index contributed by atoms with van der Waals surface area (Å²) >= 11 is 0. The monoisotopic (exact) mass is 490 g/mol. The summed E-state index contributed by atoms with van der Waals surface area (Å²) in [5.74, 6) is 1.44. The molecule has 2 aliphatic carbocycles. The molecule has 0 spiro atoms. The largest absolute Gasteiger partial charge is 0.495 e. The van der Waals surface area contributed by atoms with Gasteiger partial charge in [-0.05, 0) is 76.1 Å². The first-order valence-corrected chi connectivity index (χ1v) is 12.2. The van der Waals surface area contributed by atoms with Crippen molar-refractivity contribution in [2.75, 3.05) is 23.1 Å². The number of carbonyl (C=O) groups excluding carboxylic acids is 1. The lowest BCUT2D eigenvalue weighted by Crippen LogP contribution is -2.43. The number of amides is 1. The second-order valence-electron chi connectivity index (χ2n) is 10.1. The molecule has 5 rings (SSSR count). The van der Waals surface area contributed by atoms with Gasteiger partial charge in [-0.2, -0.15) is 4.98 Å². The molecule has 3 aromatic rings. The van der Waals surface area contributed by atoms with Crippen molar-refractivity contribution in [3.63, 3.8) is 0 Å². The fourth-order valence-corrected chi connectivity index (χ4v) is 4.35. The van der Waals surface area contributed by atoms with Crippen LogP contribution in [0.3, 0.4) is 0 Å². The molecule has 1 aromatic heterocycles.